The van der Waals surface area contributed by atoms with Gasteiger partial charge in [-0.1, -0.05) is 13.8 Å². The molecule has 0 saturated carbocycles. The third kappa shape index (κ3) is 2.71. The van der Waals surface area contributed by atoms with E-state index >= 15 is 0 Å². The fourth-order valence-corrected chi connectivity index (χ4v) is 1.16. The predicted molar refractivity (Wildman–Crippen MR) is 51.8 cm³/mol. The number of rotatable bonds is 2. The van der Waals surface area contributed by atoms with E-state index in [4.69, 9.17) is 5.73 Å². The van der Waals surface area contributed by atoms with E-state index in [-0.39, 0.29) is 11.6 Å². The quantitative estimate of drug-likeness (QED) is 0.850. The third-order valence-corrected chi connectivity index (χ3v) is 2.06. The van der Waals surface area contributed by atoms with Crippen molar-refractivity contribution in [1.29, 1.82) is 0 Å². The Kier molecular flexibility index (Phi) is 3.21. The fourth-order valence-electron chi connectivity index (χ4n) is 1.16. The molecular formula is C10H11F3N2O. The Morgan fingerprint density at radius 1 is 1.38 bits per heavy atom. The van der Waals surface area contributed by atoms with Gasteiger partial charge in [-0.3, -0.25) is 4.79 Å². The molecule has 2 N–H and O–H groups in total. The van der Waals surface area contributed by atoms with E-state index in [1.807, 2.05) is 0 Å². The van der Waals surface area contributed by atoms with Crippen molar-refractivity contribution in [3.8, 4) is 0 Å². The maximum atomic E-state index is 12.5. The zero-order valence-electron chi connectivity index (χ0n) is 8.80. The van der Waals surface area contributed by atoms with Crippen LogP contribution in [0.25, 0.3) is 0 Å². The van der Waals surface area contributed by atoms with Gasteiger partial charge in [0.15, 0.2) is 0 Å². The minimum Gasteiger partial charge on any atom is -0.364 e. The first kappa shape index (κ1) is 12.5. The number of carbonyl (C=O) groups excluding carboxylic acids is 1. The maximum Gasteiger partial charge on any atom is 0.433 e. The topological polar surface area (TPSA) is 56.0 Å². The molecule has 0 aliphatic rings. The highest BCUT2D eigenvalue weighted by molar-refractivity contribution is 5.91. The van der Waals surface area contributed by atoms with Crippen molar-refractivity contribution in [2.45, 2.75) is 25.9 Å². The second kappa shape index (κ2) is 4.11. The van der Waals surface area contributed by atoms with Crippen LogP contribution in [0, 0.1) is 0 Å². The molecule has 1 aromatic heterocycles. The van der Waals surface area contributed by atoms with Crippen LogP contribution < -0.4 is 5.73 Å². The van der Waals surface area contributed by atoms with Crippen molar-refractivity contribution in [1.82, 2.24) is 4.98 Å². The van der Waals surface area contributed by atoms with Crippen LogP contribution in [-0.4, -0.2) is 10.9 Å². The molecule has 16 heavy (non-hydrogen) atoms. The Bertz CT molecular complexity index is 413. The van der Waals surface area contributed by atoms with E-state index in [9.17, 15) is 18.0 Å². The number of nitrogens with two attached hydrogens (primary N) is 1. The molecule has 1 heterocycles. The van der Waals surface area contributed by atoms with Gasteiger partial charge in [-0.05, 0) is 23.6 Å². The van der Waals surface area contributed by atoms with E-state index in [0.717, 1.165) is 6.07 Å². The van der Waals surface area contributed by atoms with Crippen molar-refractivity contribution in [3.05, 3.63) is 29.1 Å². The monoisotopic (exact) mass is 232 g/mol. The van der Waals surface area contributed by atoms with Gasteiger partial charge in [-0.2, -0.15) is 13.2 Å². The summed E-state index contributed by atoms with van der Waals surface area (Å²) < 4.78 is 37.4. The van der Waals surface area contributed by atoms with E-state index in [0.29, 0.717) is 5.56 Å². The molecule has 1 aromatic rings. The van der Waals surface area contributed by atoms with E-state index in [1.54, 1.807) is 13.8 Å². The second-order valence-electron chi connectivity index (χ2n) is 3.69. The number of hydrogen-bond donors (Lipinski definition) is 1. The number of amides is 1. The van der Waals surface area contributed by atoms with Crippen molar-refractivity contribution < 1.29 is 18.0 Å². The average Bonchev–Trinajstić information content (AvgIpc) is 2.15. The van der Waals surface area contributed by atoms with Gasteiger partial charge in [-0.15, -0.1) is 0 Å². The minimum absolute atomic E-state index is 0.137. The second-order valence-corrected chi connectivity index (χ2v) is 3.69. The number of pyridine rings is 1. The van der Waals surface area contributed by atoms with Gasteiger partial charge in [0.2, 0.25) is 0 Å². The molecule has 0 aliphatic heterocycles. The van der Waals surface area contributed by atoms with Gasteiger partial charge < -0.3 is 5.73 Å². The molecule has 1 rings (SSSR count). The van der Waals surface area contributed by atoms with Gasteiger partial charge >= 0.3 is 6.18 Å². The van der Waals surface area contributed by atoms with Crippen LogP contribution in [0.4, 0.5) is 13.2 Å². The number of nitrogens with zero attached hydrogens (tertiary/aromatic N) is 1. The Balaban J connectivity index is 3.36. The smallest absolute Gasteiger partial charge is 0.364 e. The summed E-state index contributed by atoms with van der Waals surface area (Å²) in [5, 5.41) is 0. The molecular weight excluding hydrogens is 221 g/mol. The van der Waals surface area contributed by atoms with E-state index < -0.39 is 17.8 Å². The first-order chi connectivity index (χ1) is 7.21. The number of primary amides is 1. The number of halogens is 3. The Morgan fingerprint density at radius 2 is 1.94 bits per heavy atom. The number of hydrogen-bond acceptors (Lipinski definition) is 2. The summed E-state index contributed by atoms with van der Waals surface area (Å²) in [6.45, 7) is 3.44. The van der Waals surface area contributed by atoms with Gasteiger partial charge in [-0.25, -0.2) is 4.98 Å². The maximum absolute atomic E-state index is 12.5. The highest BCUT2D eigenvalue weighted by Gasteiger charge is 2.33. The highest BCUT2D eigenvalue weighted by Crippen LogP contribution is 2.30. The summed E-state index contributed by atoms with van der Waals surface area (Å²) in [6.07, 6.45) is -4.57. The van der Waals surface area contributed by atoms with Crippen molar-refractivity contribution in [2.75, 3.05) is 0 Å². The Labute approximate surface area is 90.5 Å². The zero-order chi connectivity index (χ0) is 12.5. The van der Waals surface area contributed by atoms with E-state index in [1.165, 1.54) is 6.07 Å². The lowest BCUT2D eigenvalue weighted by Crippen LogP contribution is -2.18. The lowest BCUT2D eigenvalue weighted by molar-refractivity contribution is -0.141. The van der Waals surface area contributed by atoms with Gasteiger partial charge in [0.05, 0.1) is 0 Å². The molecule has 1 amide bonds. The Morgan fingerprint density at radius 3 is 2.31 bits per heavy atom. The third-order valence-electron chi connectivity index (χ3n) is 2.06. The summed E-state index contributed by atoms with van der Waals surface area (Å²) in [6, 6.07) is 2.21. The van der Waals surface area contributed by atoms with Crippen LogP contribution in [0.2, 0.25) is 0 Å². The van der Waals surface area contributed by atoms with Gasteiger partial charge in [0.25, 0.3) is 5.91 Å². The van der Waals surface area contributed by atoms with Crippen LogP contribution in [0.1, 0.15) is 41.5 Å². The normalized spacial score (nSPS) is 11.9. The largest absolute Gasteiger partial charge is 0.433 e. The first-order valence-electron chi connectivity index (χ1n) is 4.61. The molecule has 0 aromatic carbocycles. The molecule has 0 atom stereocenters. The van der Waals surface area contributed by atoms with Crippen LogP contribution in [-0.2, 0) is 6.18 Å². The number of carbonyl (C=O) groups is 1. The molecule has 0 spiro atoms. The van der Waals surface area contributed by atoms with Crippen LogP contribution in [0.15, 0.2) is 12.1 Å². The lowest BCUT2D eigenvalue weighted by Gasteiger charge is -2.11. The van der Waals surface area contributed by atoms with Crippen LogP contribution in [0.5, 0.6) is 0 Å². The average molecular weight is 232 g/mol. The molecule has 6 heteroatoms. The minimum atomic E-state index is -4.57. The van der Waals surface area contributed by atoms with Crippen LogP contribution in [0.3, 0.4) is 0 Å². The van der Waals surface area contributed by atoms with E-state index in [2.05, 4.69) is 4.98 Å². The molecule has 0 fully saturated rings. The van der Waals surface area contributed by atoms with Crippen molar-refractivity contribution in [3.63, 3.8) is 0 Å². The predicted octanol–water partition coefficient (Wildman–Crippen LogP) is 2.32. The Hall–Kier alpha value is -1.59. The molecule has 0 aliphatic carbocycles. The molecule has 0 bridgehead atoms. The SMILES string of the molecule is CC(C)c1cc(C(N)=O)nc(C(F)(F)F)c1. The summed E-state index contributed by atoms with van der Waals surface area (Å²) in [5.41, 5.74) is 3.86. The lowest BCUT2D eigenvalue weighted by atomic mass is 10.0. The molecule has 88 valence electrons. The van der Waals surface area contributed by atoms with Crippen molar-refractivity contribution >= 4 is 5.91 Å². The summed E-state index contributed by atoms with van der Waals surface area (Å²) in [4.78, 5) is 14.0. The fraction of sp³-hybridized carbons (Fsp3) is 0.400. The van der Waals surface area contributed by atoms with Crippen LogP contribution >= 0.6 is 0 Å². The molecule has 3 nitrogen and oxygen atoms in total. The first-order valence-corrected chi connectivity index (χ1v) is 4.61. The number of aromatic nitrogens is 1. The number of alkyl halides is 3. The molecule has 0 unspecified atom stereocenters. The summed E-state index contributed by atoms with van der Waals surface area (Å²) in [5.74, 6) is -1.10. The highest BCUT2D eigenvalue weighted by atomic mass is 19.4. The standard InChI is InChI=1S/C10H11F3N2O/c1-5(2)6-3-7(9(14)16)15-8(4-6)10(11,12)13/h3-5H,1-2H3,(H2,14,16). The zero-order valence-corrected chi connectivity index (χ0v) is 8.80. The summed E-state index contributed by atoms with van der Waals surface area (Å²) >= 11 is 0. The molecule has 0 radical (unpaired) electrons. The van der Waals surface area contributed by atoms with Gasteiger partial charge in [0, 0.05) is 0 Å². The molecule has 0 saturated heterocycles. The summed E-state index contributed by atoms with van der Waals surface area (Å²) in [7, 11) is 0. The van der Waals surface area contributed by atoms with Crippen molar-refractivity contribution in [2.24, 2.45) is 5.73 Å². The van der Waals surface area contributed by atoms with Gasteiger partial charge in [0.1, 0.15) is 11.4 Å².